The van der Waals surface area contributed by atoms with Crippen molar-refractivity contribution in [3.05, 3.63) is 108 Å². The fourth-order valence-electron chi connectivity index (χ4n) is 5.60. The fraction of sp³-hybridized carbons (Fsp3) is 0.333. The molecule has 206 valence electrons. The molecule has 0 bridgehead atoms. The second-order valence-electron chi connectivity index (χ2n) is 10.8. The lowest BCUT2D eigenvalue weighted by Crippen LogP contribution is -2.66. The minimum absolute atomic E-state index is 0.147. The number of hydrogen-bond acceptors (Lipinski definition) is 5. The second kappa shape index (κ2) is 11.8. The van der Waals surface area contributed by atoms with Gasteiger partial charge in [0.05, 0.1) is 27.9 Å². The first kappa shape index (κ1) is 28.7. The Hall–Kier alpha value is -3.32. The van der Waals surface area contributed by atoms with Crippen molar-refractivity contribution >= 4 is 18.7 Å². The monoisotopic (exact) mass is 544 g/mol. The third kappa shape index (κ3) is 5.42. The summed E-state index contributed by atoms with van der Waals surface area (Å²) in [7, 11) is 3.95. The first-order valence-corrected chi connectivity index (χ1v) is 15.1. The van der Waals surface area contributed by atoms with Crippen molar-refractivity contribution in [3.63, 3.8) is 0 Å². The molecular weight excluding hydrogens is 504 g/mol. The van der Waals surface area contributed by atoms with Crippen LogP contribution in [0.1, 0.15) is 38.3 Å². The highest BCUT2D eigenvalue weighted by Gasteiger charge is 2.50. The zero-order valence-electron chi connectivity index (χ0n) is 24.1. The second-order valence-corrected chi connectivity index (χ2v) is 15.1. The normalized spacial score (nSPS) is 17.5. The molecule has 5 nitrogen and oxygen atoms in total. The van der Waals surface area contributed by atoms with Gasteiger partial charge in [-0.25, -0.2) is 0 Å². The molecule has 0 fully saturated rings. The molecule has 39 heavy (non-hydrogen) atoms. The van der Waals surface area contributed by atoms with E-state index in [1.54, 1.807) is 28.4 Å². The summed E-state index contributed by atoms with van der Waals surface area (Å²) in [5.74, 6) is 2.11. The van der Waals surface area contributed by atoms with E-state index in [1.165, 1.54) is 10.4 Å². The van der Waals surface area contributed by atoms with Crippen LogP contribution in [0.2, 0.25) is 5.04 Å². The number of hydrogen-bond donors (Lipinski definition) is 0. The Bertz CT molecular complexity index is 1270. The van der Waals surface area contributed by atoms with E-state index in [2.05, 4.69) is 87.5 Å². The molecule has 3 aromatic rings. The first-order chi connectivity index (χ1) is 18.7. The molecule has 0 aromatic heterocycles. The summed E-state index contributed by atoms with van der Waals surface area (Å²) in [6.45, 7) is 7.23. The van der Waals surface area contributed by atoms with Crippen LogP contribution in [0.4, 0.5) is 0 Å². The van der Waals surface area contributed by atoms with Gasteiger partial charge in [0.25, 0.3) is 8.32 Å². The van der Waals surface area contributed by atoms with Crippen LogP contribution in [0.5, 0.6) is 11.5 Å². The number of rotatable bonds is 10. The van der Waals surface area contributed by atoms with E-state index in [1.807, 2.05) is 24.3 Å². The predicted molar refractivity (Wildman–Crippen MR) is 159 cm³/mol. The summed E-state index contributed by atoms with van der Waals surface area (Å²) in [5.41, 5.74) is 1.26. The van der Waals surface area contributed by atoms with Gasteiger partial charge in [0.2, 0.25) is 0 Å². The van der Waals surface area contributed by atoms with Gasteiger partial charge in [-0.15, -0.1) is 0 Å². The summed E-state index contributed by atoms with van der Waals surface area (Å²) in [6, 6.07) is 25.4. The van der Waals surface area contributed by atoms with Crippen LogP contribution in [0.25, 0.3) is 0 Å². The molecule has 0 N–H and O–H groups in total. The molecule has 1 aliphatic carbocycles. The van der Waals surface area contributed by atoms with Crippen molar-refractivity contribution < 1.29 is 23.4 Å². The van der Waals surface area contributed by atoms with Gasteiger partial charge in [-0.2, -0.15) is 0 Å². The summed E-state index contributed by atoms with van der Waals surface area (Å²) in [5, 5.41) is 2.32. The number of ether oxygens (including phenoxy) is 4. The molecule has 0 radical (unpaired) electrons. The minimum Gasteiger partial charge on any atom is -0.497 e. The predicted octanol–water partition coefficient (Wildman–Crippen LogP) is 6.11. The number of methoxy groups -OCH3 is 4. The quantitative estimate of drug-likeness (QED) is 0.288. The molecule has 0 saturated heterocycles. The van der Waals surface area contributed by atoms with Crippen LogP contribution in [-0.4, -0.2) is 36.8 Å². The Morgan fingerprint density at radius 3 is 1.77 bits per heavy atom. The van der Waals surface area contributed by atoms with Gasteiger partial charge in [0.1, 0.15) is 11.4 Å². The molecule has 0 heterocycles. The lowest BCUT2D eigenvalue weighted by atomic mass is 9.83. The Kier molecular flexibility index (Phi) is 8.69. The van der Waals surface area contributed by atoms with Gasteiger partial charge in [-0.05, 0) is 56.9 Å². The highest BCUT2D eigenvalue weighted by molar-refractivity contribution is 6.99. The number of benzene rings is 3. The average molecular weight is 545 g/mol. The van der Waals surface area contributed by atoms with Crippen molar-refractivity contribution in [2.75, 3.05) is 28.4 Å². The third-order valence-electron chi connectivity index (χ3n) is 7.65. The zero-order valence-corrected chi connectivity index (χ0v) is 25.1. The Morgan fingerprint density at radius 1 is 0.769 bits per heavy atom. The summed E-state index contributed by atoms with van der Waals surface area (Å²) < 4.78 is 30.4. The van der Waals surface area contributed by atoms with Crippen molar-refractivity contribution in [1.29, 1.82) is 0 Å². The molecule has 3 aromatic carbocycles. The Labute approximate surface area is 234 Å². The van der Waals surface area contributed by atoms with E-state index >= 15 is 0 Å². The van der Waals surface area contributed by atoms with E-state index in [0.29, 0.717) is 24.5 Å². The molecular formula is C33H40O5Si. The average Bonchev–Trinajstić information content (AvgIpc) is 2.97. The van der Waals surface area contributed by atoms with Crippen LogP contribution in [-0.2, 0) is 26.1 Å². The van der Waals surface area contributed by atoms with Crippen molar-refractivity contribution in [3.8, 4) is 11.5 Å². The van der Waals surface area contributed by atoms with Crippen molar-refractivity contribution in [2.45, 2.75) is 44.4 Å². The largest absolute Gasteiger partial charge is 0.497 e. The molecule has 0 aliphatic heterocycles. The molecule has 4 rings (SSSR count). The van der Waals surface area contributed by atoms with Gasteiger partial charge in [-0.1, -0.05) is 81.4 Å². The lowest BCUT2D eigenvalue weighted by molar-refractivity contribution is 0.0270. The lowest BCUT2D eigenvalue weighted by Gasteiger charge is -2.43. The number of allylic oxidation sites excluding steroid dienone is 1. The van der Waals surface area contributed by atoms with E-state index < -0.39 is 13.9 Å². The van der Waals surface area contributed by atoms with Crippen LogP contribution in [0.3, 0.4) is 0 Å². The molecule has 0 amide bonds. The van der Waals surface area contributed by atoms with Crippen molar-refractivity contribution in [2.24, 2.45) is 0 Å². The maximum absolute atomic E-state index is 7.31. The SMILES string of the molecule is COC1=CCC(OC)(c2cc(OC)c(OC)cc2CO[Si](c2ccccc2)(c2ccccc2)C(C)(C)C)C=C1. The van der Waals surface area contributed by atoms with E-state index in [-0.39, 0.29) is 5.04 Å². The fourth-order valence-corrected chi connectivity index (χ4v) is 10.1. The van der Waals surface area contributed by atoms with Crippen LogP contribution in [0, 0.1) is 0 Å². The molecule has 0 saturated carbocycles. The van der Waals surface area contributed by atoms with E-state index in [0.717, 1.165) is 16.9 Å². The van der Waals surface area contributed by atoms with Gasteiger partial charge in [0.15, 0.2) is 11.5 Å². The molecule has 6 heteroatoms. The van der Waals surface area contributed by atoms with Crippen LogP contribution >= 0.6 is 0 Å². The standard InChI is InChI=1S/C33H40O5Si/c1-32(2,3)39(27-14-10-8-11-15-27,28-16-12-9-13-17-28)38-24-25-22-30(35-5)31(36-6)23-29(25)33(37-7)20-18-26(34-4)19-21-33/h8-20,22-23H,21,24H2,1-7H3. The van der Waals surface area contributed by atoms with Gasteiger partial charge >= 0.3 is 0 Å². The van der Waals surface area contributed by atoms with E-state index in [9.17, 15) is 0 Å². The molecule has 1 unspecified atom stereocenters. The minimum atomic E-state index is -2.77. The maximum Gasteiger partial charge on any atom is 0.261 e. The summed E-state index contributed by atoms with van der Waals surface area (Å²) >= 11 is 0. The zero-order chi connectivity index (χ0) is 28.1. The third-order valence-corrected chi connectivity index (χ3v) is 12.6. The van der Waals surface area contributed by atoms with Gasteiger partial charge < -0.3 is 23.4 Å². The molecule has 1 aliphatic rings. The van der Waals surface area contributed by atoms with Gasteiger partial charge in [0, 0.05) is 13.5 Å². The highest BCUT2D eigenvalue weighted by atomic mass is 28.4. The smallest absolute Gasteiger partial charge is 0.261 e. The summed E-state index contributed by atoms with van der Waals surface area (Å²) in [6.07, 6.45) is 6.67. The van der Waals surface area contributed by atoms with Crippen LogP contribution < -0.4 is 19.8 Å². The van der Waals surface area contributed by atoms with Crippen molar-refractivity contribution in [1.82, 2.24) is 0 Å². The summed E-state index contributed by atoms with van der Waals surface area (Å²) in [4.78, 5) is 0. The first-order valence-electron chi connectivity index (χ1n) is 13.2. The molecule has 0 spiro atoms. The topological polar surface area (TPSA) is 46.2 Å². The highest BCUT2D eigenvalue weighted by Crippen LogP contribution is 2.43. The van der Waals surface area contributed by atoms with Crippen LogP contribution in [0.15, 0.2) is 96.8 Å². The van der Waals surface area contributed by atoms with Gasteiger partial charge in [-0.3, -0.25) is 0 Å². The Morgan fingerprint density at radius 2 is 1.33 bits per heavy atom. The van der Waals surface area contributed by atoms with E-state index in [4.69, 9.17) is 23.4 Å². The Balaban J connectivity index is 1.88. The maximum atomic E-state index is 7.31. The molecule has 1 atom stereocenters.